The molecule has 1 aliphatic rings. The van der Waals surface area contributed by atoms with Crippen molar-refractivity contribution in [2.45, 2.75) is 45.2 Å². The molecule has 110 valence electrons. The lowest BCUT2D eigenvalue weighted by molar-refractivity contribution is -0.139. The zero-order valence-electron chi connectivity index (χ0n) is 12.2. The number of hydrogen-bond acceptors (Lipinski definition) is 4. The summed E-state index contributed by atoms with van der Waals surface area (Å²) in [7, 11) is 0. The molecule has 0 unspecified atom stereocenters. The lowest BCUT2D eigenvalue weighted by atomic mass is 9.90. The summed E-state index contributed by atoms with van der Waals surface area (Å²) in [6, 6.07) is 7.06. The minimum Gasteiger partial charge on any atom is -0.482 e. The van der Waals surface area contributed by atoms with E-state index in [1.54, 1.807) is 12.1 Å². The van der Waals surface area contributed by atoms with Gasteiger partial charge in [0.05, 0.1) is 11.2 Å². The first-order valence-corrected chi connectivity index (χ1v) is 6.51. The summed E-state index contributed by atoms with van der Waals surface area (Å²) < 4.78 is 16.9. The van der Waals surface area contributed by atoms with Gasteiger partial charge in [0.2, 0.25) is 0 Å². The summed E-state index contributed by atoms with van der Waals surface area (Å²) in [5.74, 6) is -0.493. The van der Waals surface area contributed by atoms with Crippen LogP contribution in [0.3, 0.4) is 0 Å². The molecule has 1 aromatic carbocycles. The van der Waals surface area contributed by atoms with E-state index in [2.05, 4.69) is 0 Å². The minimum absolute atomic E-state index is 0.351. The van der Waals surface area contributed by atoms with Crippen molar-refractivity contribution in [3.63, 3.8) is 0 Å². The molecule has 1 fully saturated rings. The van der Waals surface area contributed by atoms with Gasteiger partial charge in [-0.15, -0.1) is 0 Å². The number of carboxylic acid groups (broad SMARTS) is 1. The third-order valence-electron chi connectivity index (χ3n) is 3.77. The Morgan fingerprint density at radius 2 is 1.65 bits per heavy atom. The second-order valence-electron chi connectivity index (χ2n) is 5.84. The van der Waals surface area contributed by atoms with Crippen LogP contribution in [-0.2, 0) is 14.3 Å². The van der Waals surface area contributed by atoms with Crippen LogP contribution in [0.25, 0.3) is 0 Å². The minimum atomic E-state index is -1.000. The van der Waals surface area contributed by atoms with Gasteiger partial charge in [-0.2, -0.15) is 0 Å². The zero-order valence-corrected chi connectivity index (χ0v) is 12.2. The maximum absolute atomic E-state index is 10.4. The van der Waals surface area contributed by atoms with Gasteiger partial charge in [-0.1, -0.05) is 12.1 Å². The molecule has 0 atom stereocenters. The maximum Gasteiger partial charge on any atom is 0.341 e. The van der Waals surface area contributed by atoms with Crippen molar-refractivity contribution < 1.29 is 24.1 Å². The number of hydrogen-bond donors (Lipinski definition) is 1. The van der Waals surface area contributed by atoms with Crippen LogP contribution in [-0.4, -0.2) is 28.9 Å². The molecule has 1 saturated heterocycles. The van der Waals surface area contributed by atoms with E-state index in [1.807, 2.05) is 39.8 Å². The summed E-state index contributed by atoms with van der Waals surface area (Å²) in [6.45, 7) is 7.64. The van der Waals surface area contributed by atoms with Gasteiger partial charge in [0.15, 0.2) is 12.9 Å². The van der Waals surface area contributed by atoms with E-state index >= 15 is 0 Å². The largest absolute Gasteiger partial charge is 0.482 e. The molecular formula is C15H20O5. The van der Waals surface area contributed by atoms with Crippen molar-refractivity contribution in [3.8, 4) is 5.75 Å². The number of carbonyl (C=O) groups is 1. The molecule has 0 aromatic heterocycles. The number of aliphatic carboxylic acids is 1. The van der Waals surface area contributed by atoms with E-state index in [0.29, 0.717) is 5.75 Å². The monoisotopic (exact) mass is 280 g/mol. The molecule has 1 aliphatic heterocycles. The summed E-state index contributed by atoms with van der Waals surface area (Å²) >= 11 is 0. The van der Waals surface area contributed by atoms with Gasteiger partial charge in [-0.05, 0) is 39.8 Å². The molecular weight excluding hydrogens is 260 g/mol. The fourth-order valence-corrected chi connectivity index (χ4v) is 1.85. The van der Waals surface area contributed by atoms with E-state index < -0.39 is 12.3 Å². The molecule has 2 rings (SSSR count). The predicted octanol–water partition coefficient (Wildman–Crippen LogP) is 2.75. The first-order chi connectivity index (χ1) is 9.21. The van der Waals surface area contributed by atoms with E-state index in [-0.39, 0.29) is 17.8 Å². The summed E-state index contributed by atoms with van der Waals surface area (Å²) in [5, 5.41) is 8.55. The van der Waals surface area contributed by atoms with Gasteiger partial charge in [0.1, 0.15) is 5.75 Å². The quantitative estimate of drug-likeness (QED) is 0.918. The second kappa shape index (κ2) is 5.07. The predicted molar refractivity (Wildman–Crippen MR) is 72.6 cm³/mol. The van der Waals surface area contributed by atoms with Crippen LogP contribution >= 0.6 is 0 Å². The standard InChI is InChI=1S/C15H20O5/c1-14(2)15(3,4)20-13(19-14)10-5-7-11(8-6-10)18-9-12(16)17/h5-8,13H,9H2,1-4H3,(H,16,17). The van der Waals surface area contributed by atoms with E-state index in [4.69, 9.17) is 19.3 Å². The molecule has 5 nitrogen and oxygen atoms in total. The highest BCUT2D eigenvalue weighted by atomic mass is 16.7. The molecule has 0 bridgehead atoms. The number of rotatable bonds is 4. The summed E-state index contributed by atoms with van der Waals surface area (Å²) in [4.78, 5) is 10.4. The first-order valence-electron chi connectivity index (χ1n) is 6.51. The van der Waals surface area contributed by atoms with Crippen LogP contribution in [0, 0.1) is 0 Å². The molecule has 1 aromatic rings. The van der Waals surface area contributed by atoms with Crippen LogP contribution in [0.5, 0.6) is 5.75 Å². The molecule has 0 saturated carbocycles. The summed E-state index contributed by atoms with van der Waals surface area (Å²) in [5.41, 5.74) is 0.123. The van der Waals surface area contributed by atoms with Crippen molar-refractivity contribution in [2.24, 2.45) is 0 Å². The van der Waals surface area contributed by atoms with Crippen LogP contribution in [0.1, 0.15) is 39.5 Å². The lowest BCUT2D eigenvalue weighted by Gasteiger charge is -2.30. The van der Waals surface area contributed by atoms with Gasteiger partial charge in [0.25, 0.3) is 0 Å². The normalized spacial score (nSPS) is 20.8. The first kappa shape index (κ1) is 14.8. The van der Waals surface area contributed by atoms with Crippen LogP contribution < -0.4 is 4.74 Å². The maximum atomic E-state index is 10.4. The van der Waals surface area contributed by atoms with E-state index in [0.717, 1.165) is 5.56 Å². The Bertz CT molecular complexity index is 473. The highest BCUT2D eigenvalue weighted by Gasteiger charge is 2.49. The number of ether oxygens (including phenoxy) is 3. The number of benzene rings is 1. The molecule has 5 heteroatoms. The number of carboxylic acids is 1. The van der Waals surface area contributed by atoms with Crippen molar-refractivity contribution >= 4 is 5.97 Å². The highest BCUT2D eigenvalue weighted by Crippen LogP contribution is 2.44. The molecule has 20 heavy (non-hydrogen) atoms. The average molecular weight is 280 g/mol. The van der Waals surface area contributed by atoms with Crippen molar-refractivity contribution in [2.75, 3.05) is 6.61 Å². The Labute approximate surface area is 118 Å². The Morgan fingerprint density at radius 1 is 1.15 bits per heavy atom. The molecule has 0 radical (unpaired) electrons. The van der Waals surface area contributed by atoms with Crippen molar-refractivity contribution in [3.05, 3.63) is 29.8 Å². The molecule has 1 N–H and O–H groups in total. The lowest BCUT2D eigenvalue weighted by Crippen LogP contribution is -2.41. The fourth-order valence-electron chi connectivity index (χ4n) is 1.85. The van der Waals surface area contributed by atoms with Gasteiger partial charge in [0, 0.05) is 5.56 Å². The fraction of sp³-hybridized carbons (Fsp3) is 0.533. The third kappa shape index (κ3) is 2.94. The molecule has 0 amide bonds. The van der Waals surface area contributed by atoms with Crippen LogP contribution in [0.4, 0.5) is 0 Å². The van der Waals surface area contributed by atoms with E-state index in [1.165, 1.54) is 0 Å². The van der Waals surface area contributed by atoms with Crippen molar-refractivity contribution in [1.82, 2.24) is 0 Å². The SMILES string of the molecule is CC1(C)OC(c2ccc(OCC(=O)O)cc2)OC1(C)C. The Hall–Kier alpha value is -1.59. The molecule has 1 heterocycles. The Morgan fingerprint density at radius 3 is 2.10 bits per heavy atom. The zero-order chi connectivity index (χ0) is 15.0. The smallest absolute Gasteiger partial charge is 0.341 e. The average Bonchev–Trinajstić information content (AvgIpc) is 2.56. The van der Waals surface area contributed by atoms with Crippen LogP contribution in [0.15, 0.2) is 24.3 Å². The van der Waals surface area contributed by atoms with E-state index in [9.17, 15) is 4.79 Å². The van der Waals surface area contributed by atoms with Gasteiger partial charge >= 0.3 is 5.97 Å². The Kier molecular flexibility index (Phi) is 3.75. The Balaban J connectivity index is 2.06. The van der Waals surface area contributed by atoms with Crippen molar-refractivity contribution in [1.29, 1.82) is 0 Å². The third-order valence-corrected chi connectivity index (χ3v) is 3.77. The summed E-state index contributed by atoms with van der Waals surface area (Å²) in [6.07, 6.45) is -0.423. The second-order valence-corrected chi connectivity index (χ2v) is 5.84. The topological polar surface area (TPSA) is 65.0 Å². The molecule has 0 aliphatic carbocycles. The van der Waals surface area contributed by atoms with Crippen LogP contribution in [0.2, 0.25) is 0 Å². The van der Waals surface area contributed by atoms with Gasteiger partial charge in [-0.3, -0.25) is 0 Å². The molecule has 0 spiro atoms. The highest BCUT2D eigenvalue weighted by molar-refractivity contribution is 5.68. The van der Waals surface area contributed by atoms with Gasteiger partial charge < -0.3 is 19.3 Å². The van der Waals surface area contributed by atoms with Gasteiger partial charge in [-0.25, -0.2) is 4.79 Å².